The van der Waals surface area contributed by atoms with Crippen molar-refractivity contribution in [2.45, 2.75) is 52.2 Å². The first kappa shape index (κ1) is 18.0. The van der Waals surface area contributed by atoms with Crippen LogP contribution in [0.25, 0.3) is 0 Å². The van der Waals surface area contributed by atoms with Gasteiger partial charge in [0.1, 0.15) is 18.5 Å². The standard InChI is InChI=1S/C17H29NO3/c1-5-17(20,6-2)12-18-10-15(19)11-21-16-8-7-13(3)9-14(16)4/h7-9,15,18-20H,5-6,10-12H2,1-4H3. The molecule has 0 radical (unpaired) electrons. The largest absolute Gasteiger partial charge is 0.491 e. The Bertz CT molecular complexity index is 430. The molecule has 1 unspecified atom stereocenters. The minimum Gasteiger partial charge on any atom is -0.491 e. The van der Waals surface area contributed by atoms with Crippen LogP contribution in [0.2, 0.25) is 0 Å². The van der Waals surface area contributed by atoms with Crippen LogP contribution in [0.4, 0.5) is 0 Å². The first-order valence-corrected chi connectivity index (χ1v) is 7.71. The Labute approximate surface area is 128 Å². The van der Waals surface area contributed by atoms with Crippen molar-refractivity contribution in [3.63, 3.8) is 0 Å². The van der Waals surface area contributed by atoms with Gasteiger partial charge in [-0.1, -0.05) is 31.5 Å². The summed E-state index contributed by atoms with van der Waals surface area (Å²) in [5.41, 5.74) is 1.58. The molecule has 0 saturated carbocycles. The number of aliphatic hydroxyl groups excluding tert-OH is 1. The Morgan fingerprint density at radius 2 is 1.90 bits per heavy atom. The van der Waals surface area contributed by atoms with Gasteiger partial charge in [0, 0.05) is 13.1 Å². The average molecular weight is 295 g/mol. The molecule has 0 amide bonds. The highest BCUT2D eigenvalue weighted by Crippen LogP contribution is 2.18. The van der Waals surface area contributed by atoms with Crippen LogP contribution >= 0.6 is 0 Å². The topological polar surface area (TPSA) is 61.7 Å². The molecule has 0 saturated heterocycles. The minimum atomic E-state index is -0.686. The third kappa shape index (κ3) is 6.04. The fourth-order valence-corrected chi connectivity index (χ4v) is 2.18. The van der Waals surface area contributed by atoms with Gasteiger partial charge in [0.2, 0.25) is 0 Å². The second-order valence-electron chi connectivity index (χ2n) is 5.80. The van der Waals surface area contributed by atoms with E-state index in [1.807, 2.05) is 39.8 Å². The van der Waals surface area contributed by atoms with E-state index in [4.69, 9.17) is 4.74 Å². The van der Waals surface area contributed by atoms with Gasteiger partial charge in [0.25, 0.3) is 0 Å². The summed E-state index contributed by atoms with van der Waals surface area (Å²) >= 11 is 0. The zero-order valence-corrected chi connectivity index (χ0v) is 13.6. The number of aliphatic hydroxyl groups is 2. The molecule has 21 heavy (non-hydrogen) atoms. The van der Waals surface area contributed by atoms with E-state index >= 15 is 0 Å². The van der Waals surface area contributed by atoms with Crippen molar-refractivity contribution in [3.05, 3.63) is 29.3 Å². The maximum absolute atomic E-state index is 10.1. The van der Waals surface area contributed by atoms with Gasteiger partial charge in [-0.3, -0.25) is 0 Å². The maximum atomic E-state index is 10.1. The third-order valence-corrected chi connectivity index (χ3v) is 3.91. The van der Waals surface area contributed by atoms with Crippen LogP contribution < -0.4 is 10.1 Å². The van der Waals surface area contributed by atoms with E-state index in [0.29, 0.717) is 25.9 Å². The number of rotatable bonds is 9. The van der Waals surface area contributed by atoms with Gasteiger partial charge in [-0.05, 0) is 38.3 Å². The van der Waals surface area contributed by atoms with Crippen molar-refractivity contribution in [1.82, 2.24) is 5.32 Å². The summed E-state index contributed by atoms with van der Waals surface area (Å²) < 4.78 is 5.64. The zero-order chi connectivity index (χ0) is 15.9. The van der Waals surface area contributed by atoms with Crippen LogP contribution in [0.3, 0.4) is 0 Å². The smallest absolute Gasteiger partial charge is 0.122 e. The van der Waals surface area contributed by atoms with Crippen molar-refractivity contribution in [2.75, 3.05) is 19.7 Å². The molecule has 1 aromatic rings. The summed E-state index contributed by atoms with van der Waals surface area (Å²) in [5, 5.41) is 23.2. The highest BCUT2D eigenvalue weighted by atomic mass is 16.5. The molecule has 4 heteroatoms. The lowest BCUT2D eigenvalue weighted by Gasteiger charge is -2.26. The molecular formula is C17H29NO3. The monoisotopic (exact) mass is 295 g/mol. The van der Waals surface area contributed by atoms with Gasteiger partial charge in [-0.15, -0.1) is 0 Å². The predicted octanol–water partition coefficient (Wildman–Crippen LogP) is 2.18. The van der Waals surface area contributed by atoms with Crippen LogP contribution in [-0.2, 0) is 0 Å². The Morgan fingerprint density at radius 3 is 2.48 bits per heavy atom. The van der Waals surface area contributed by atoms with Crippen LogP contribution in [0.5, 0.6) is 5.75 Å². The summed E-state index contributed by atoms with van der Waals surface area (Å²) in [5.74, 6) is 0.804. The Balaban J connectivity index is 2.32. The molecule has 0 bridgehead atoms. The predicted molar refractivity (Wildman–Crippen MR) is 85.8 cm³/mol. The van der Waals surface area contributed by atoms with Gasteiger partial charge >= 0.3 is 0 Å². The van der Waals surface area contributed by atoms with Crippen molar-refractivity contribution < 1.29 is 14.9 Å². The van der Waals surface area contributed by atoms with Crippen molar-refractivity contribution >= 4 is 0 Å². The molecule has 0 aliphatic carbocycles. The van der Waals surface area contributed by atoms with Crippen LogP contribution in [0.1, 0.15) is 37.8 Å². The van der Waals surface area contributed by atoms with Gasteiger partial charge < -0.3 is 20.3 Å². The molecule has 0 fully saturated rings. The maximum Gasteiger partial charge on any atom is 0.122 e. The van der Waals surface area contributed by atoms with E-state index in [1.54, 1.807) is 0 Å². The number of hydrogen-bond acceptors (Lipinski definition) is 4. The van der Waals surface area contributed by atoms with E-state index in [0.717, 1.165) is 11.3 Å². The summed E-state index contributed by atoms with van der Waals surface area (Å²) in [4.78, 5) is 0. The molecule has 0 heterocycles. The lowest BCUT2D eigenvalue weighted by molar-refractivity contribution is 0.0270. The van der Waals surface area contributed by atoms with Crippen molar-refractivity contribution in [1.29, 1.82) is 0 Å². The van der Waals surface area contributed by atoms with Crippen molar-refractivity contribution in [2.24, 2.45) is 0 Å². The van der Waals surface area contributed by atoms with Crippen LogP contribution in [-0.4, -0.2) is 41.6 Å². The van der Waals surface area contributed by atoms with E-state index in [-0.39, 0.29) is 6.61 Å². The third-order valence-electron chi connectivity index (χ3n) is 3.91. The van der Waals surface area contributed by atoms with Gasteiger partial charge in [0.15, 0.2) is 0 Å². The lowest BCUT2D eigenvalue weighted by atomic mass is 9.97. The fraction of sp³-hybridized carbons (Fsp3) is 0.647. The molecule has 0 aliphatic heterocycles. The fourth-order valence-electron chi connectivity index (χ4n) is 2.18. The van der Waals surface area contributed by atoms with Gasteiger partial charge in [0.05, 0.1) is 5.60 Å². The summed E-state index contributed by atoms with van der Waals surface area (Å²) in [6, 6.07) is 5.98. The Morgan fingerprint density at radius 1 is 1.24 bits per heavy atom. The molecule has 4 nitrogen and oxygen atoms in total. The Hall–Kier alpha value is -1.10. The van der Waals surface area contributed by atoms with E-state index in [2.05, 4.69) is 11.4 Å². The number of nitrogens with one attached hydrogen (secondary N) is 1. The summed E-state index contributed by atoms with van der Waals surface area (Å²) in [6.45, 7) is 9.10. The quantitative estimate of drug-likeness (QED) is 0.653. The normalized spacial score (nSPS) is 13.2. The SMILES string of the molecule is CCC(O)(CC)CNCC(O)COc1ccc(C)cc1C. The number of aryl methyl sites for hydroxylation is 2. The van der Waals surface area contributed by atoms with E-state index in [1.165, 1.54) is 5.56 Å². The zero-order valence-electron chi connectivity index (χ0n) is 13.6. The van der Waals surface area contributed by atoms with Crippen molar-refractivity contribution in [3.8, 4) is 5.75 Å². The molecule has 3 N–H and O–H groups in total. The second kappa shape index (κ2) is 8.37. The molecule has 1 aromatic carbocycles. The molecule has 120 valence electrons. The number of hydrogen-bond donors (Lipinski definition) is 3. The summed E-state index contributed by atoms with van der Waals surface area (Å²) in [7, 11) is 0. The summed E-state index contributed by atoms with van der Waals surface area (Å²) in [6.07, 6.45) is 0.806. The van der Waals surface area contributed by atoms with E-state index < -0.39 is 11.7 Å². The van der Waals surface area contributed by atoms with Gasteiger partial charge in [-0.2, -0.15) is 0 Å². The molecule has 0 spiro atoms. The van der Waals surface area contributed by atoms with Crippen LogP contribution in [0, 0.1) is 13.8 Å². The van der Waals surface area contributed by atoms with Crippen LogP contribution in [0.15, 0.2) is 18.2 Å². The average Bonchev–Trinajstić information content (AvgIpc) is 2.46. The minimum absolute atomic E-state index is 0.244. The van der Waals surface area contributed by atoms with Gasteiger partial charge in [-0.25, -0.2) is 0 Å². The number of benzene rings is 1. The molecule has 1 atom stereocenters. The number of ether oxygens (including phenoxy) is 1. The lowest BCUT2D eigenvalue weighted by Crippen LogP contribution is -2.43. The highest BCUT2D eigenvalue weighted by Gasteiger charge is 2.21. The molecule has 0 aliphatic rings. The van der Waals surface area contributed by atoms with E-state index in [9.17, 15) is 10.2 Å². The molecule has 0 aromatic heterocycles. The second-order valence-corrected chi connectivity index (χ2v) is 5.80. The first-order valence-electron chi connectivity index (χ1n) is 7.71. The Kier molecular flexibility index (Phi) is 7.15. The molecule has 1 rings (SSSR count). The molecular weight excluding hydrogens is 266 g/mol. The highest BCUT2D eigenvalue weighted by molar-refractivity contribution is 5.35. The first-order chi connectivity index (χ1) is 9.90.